The van der Waals surface area contributed by atoms with Crippen molar-refractivity contribution in [3.63, 3.8) is 0 Å². The maximum Gasteiger partial charge on any atom is 0.0405 e. The summed E-state index contributed by atoms with van der Waals surface area (Å²) in [4.78, 5) is 6.89. The van der Waals surface area contributed by atoms with Crippen LogP contribution in [0.1, 0.15) is 36.6 Å². The molecule has 0 radical (unpaired) electrons. The predicted octanol–water partition coefficient (Wildman–Crippen LogP) is 2.68. The van der Waals surface area contributed by atoms with E-state index in [-0.39, 0.29) is 0 Å². The zero-order chi connectivity index (χ0) is 10.8. The fraction of sp³-hybridized carbons (Fsp3) is 0.615. The van der Waals surface area contributed by atoms with Crippen LogP contribution >= 0.6 is 0 Å². The molecule has 1 fully saturated rings. The van der Waals surface area contributed by atoms with Gasteiger partial charge in [0.05, 0.1) is 0 Å². The molecule has 1 aliphatic heterocycles. The van der Waals surface area contributed by atoms with E-state index in [4.69, 9.17) is 0 Å². The first-order valence-electron chi connectivity index (χ1n) is 5.83. The summed E-state index contributed by atoms with van der Waals surface area (Å²) in [5, 5.41) is 0. The van der Waals surface area contributed by atoms with Crippen molar-refractivity contribution in [3.05, 3.63) is 29.1 Å². The van der Waals surface area contributed by atoms with Crippen LogP contribution in [0.25, 0.3) is 0 Å². The molecular formula is C13H20N2. The lowest BCUT2D eigenvalue weighted by molar-refractivity contribution is 0.260. The topological polar surface area (TPSA) is 16.1 Å². The van der Waals surface area contributed by atoms with Crippen molar-refractivity contribution in [3.8, 4) is 0 Å². The average Bonchev–Trinajstić information content (AvgIpc) is 2.60. The van der Waals surface area contributed by atoms with E-state index in [0.717, 1.165) is 12.6 Å². The second-order valence-electron chi connectivity index (χ2n) is 4.64. The van der Waals surface area contributed by atoms with Crippen molar-refractivity contribution in [1.29, 1.82) is 0 Å². The van der Waals surface area contributed by atoms with E-state index in [2.05, 4.69) is 36.7 Å². The zero-order valence-electron chi connectivity index (χ0n) is 9.95. The molecule has 2 rings (SSSR count). The van der Waals surface area contributed by atoms with Crippen LogP contribution in [0.5, 0.6) is 0 Å². The van der Waals surface area contributed by atoms with Gasteiger partial charge in [0.25, 0.3) is 0 Å². The average molecular weight is 204 g/mol. The molecule has 0 unspecified atom stereocenters. The van der Waals surface area contributed by atoms with Crippen LogP contribution < -0.4 is 0 Å². The molecule has 0 amide bonds. The third kappa shape index (κ3) is 2.20. The van der Waals surface area contributed by atoms with E-state index in [1.54, 1.807) is 0 Å². The summed E-state index contributed by atoms with van der Waals surface area (Å²) in [6, 6.07) is 2.91. The second kappa shape index (κ2) is 4.31. The second-order valence-corrected chi connectivity index (χ2v) is 4.64. The maximum atomic E-state index is 4.31. The summed E-state index contributed by atoms with van der Waals surface area (Å²) in [7, 11) is 0. The molecule has 2 nitrogen and oxygen atoms in total. The molecular weight excluding hydrogens is 184 g/mol. The molecule has 82 valence electrons. The number of nitrogens with zero attached hydrogens (tertiary/aromatic N) is 2. The Morgan fingerprint density at radius 2 is 2.27 bits per heavy atom. The Hall–Kier alpha value is -0.890. The first kappa shape index (κ1) is 10.6. The van der Waals surface area contributed by atoms with Gasteiger partial charge < -0.3 is 0 Å². The van der Waals surface area contributed by atoms with Crippen molar-refractivity contribution < 1.29 is 0 Å². The highest BCUT2D eigenvalue weighted by molar-refractivity contribution is 5.27. The molecule has 2 heterocycles. The van der Waals surface area contributed by atoms with E-state index < -0.39 is 0 Å². The van der Waals surface area contributed by atoms with Gasteiger partial charge >= 0.3 is 0 Å². The third-order valence-corrected chi connectivity index (χ3v) is 3.63. The number of pyridine rings is 1. The van der Waals surface area contributed by atoms with Gasteiger partial charge in [-0.15, -0.1) is 0 Å². The molecule has 1 aromatic rings. The Morgan fingerprint density at radius 3 is 2.93 bits per heavy atom. The summed E-state index contributed by atoms with van der Waals surface area (Å²) < 4.78 is 0. The fourth-order valence-electron chi connectivity index (χ4n) is 2.31. The minimum absolute atomic E-state index is 0.748. The number of hydrogen-bond donors (Lipinski definition) is 0. The summed E-state index contributed by atoms with van der Waals surface area (Å²) in [6.45, 7) is 8.94. The molecule has 0 bridgehead atoms. The van der Waals surface area contributed by atoms with Gasteiger partial charge in [-0.3, -0.25) is 9.88 Å². The molecule has 1 atom stereocenters. The van der Waals surface area contributed by atoms with Gasteiger partial charge in [0.15, 0.2) is 0 Å². The number of aryl methyl sites for hydroxylation is 1. The summed E-state index contributed by atoms with van der Waals surface area (Å²) in [6.07, 6.45) is 4.63. The smallest absolute Gasteiger partial charge is 0.0405 e. The molecule has 2 heteroatoms. The standard InChI is InChI=1S/C13H20N2/c1-10-5-4-8-15(10)9-13-6-7-14-12(3)11(13)2/h6-7,10H,4-5,8-9H2,1-3H3/t10-/m0/s1. The lowest BCUT2D eigenvalue weighted by Crippen LogP contribution is -2.26. The Balaban J connectivity index is 2.13. The van der Waals surface area contributed by atoms with Crippen LogP contribution in [0.4, 0.5) is 0 Å². The zero-order valence-corrected chi connectivity index (χ0v) is 9.95. The van der Waals surface area contributed by atoms with Crippen molar-refractivity contribution >= 4 is 0 Å². The predicted molar refractivity (Wildman–Crippen MR) is 62.8 cm³/mol. The lowest BCUT2D eigenvalue weighted by atomic mass is 10.1. The molecule has 0 N–H and O–H groups in total. The van der Waals surface area contributed by atoms with Gasteiger partial charge in [0.2, 0.25) is 0 Å². The quantitative estimate of drug-likeness (QED) is 0.736. The van der Waals surface area contributed by atoms with Gasteiger partial charge in [-0.2, -0.15) is 0 Å². The Bertz CT molecular complexity index is 346. The first-order chi connectivity index (χ1) is 7.18. The van der Waals surface area contributed by atoms with Crippen molar-refractivity contribution in [2.45, 2.75) is 46.2 Å². The molecule has 1 saturated heterocycles. The number of aromatic nitrogens is 1. The van der Waals surface area contributed by atoms with Gasteiger partial charge in [0, 0.05) is 24.5 Å². The normalized spacial score (nSPS) is 22.2. The maximum absolute atomic E-state index is 4.31. The SMILES string of the molecule is Cc1nccc(CN2CCC[C@@H]2C)c1C. The summed E-state index contributed by atoms with van der Waals surface area (Å²) in [5.74, 6) is 0. The van der Waals surface area contributed by atoms with E-state index in [0.29, 0.717) is 0 Å². The van der Waals surface area contributed by atoms with Crippen LogP contribution in [-0.2, 0) is 6.54 Å². The van der Waals surface area contributed by atoms with E-state index in [9.17, 15) is 0 Å². The molecule has 1 aliphatic rings. The molecule has 0 aliphatic carbocycles. The van der Waals surface area contributed by atoms with Crippen molar-refractivity contribution in [2.75, 3.05) is 6.54 Å². The first-order valence-corrected chi connectivity index (χ1v) is 5.83. The van der Waals surface area contributed by atoms with Crippen LogP contribution in [0, 0.1) is 13.8 Å². The highest BCUT2D eigenvalue weighted by Crippen LogP contribution is 2.21. The minimum atomic E-state index is 0.748. The van der Waals surface area contributed by atoms with Gasteiger partial charge in [0.1, 0.15) is 0 Å². The lowest BCUT2D eigenvalue weighted by Gasteiger charge is -2.22. The van der Waals surface area contributed by atoms with Crippen LogP contribution in [0.3, 0.4) is 0 Å². The van der Waals surface area contributed by atoms with E-state index in [1.807, 2.05) is 6.20 Å². The molecule has 0 spiro atoms. The highest BCUT2D eigenvalue weighted by atomic mass is 15.2. The third-order valence-electron chi connectivity index (χ3n) is 3.63. The monoisotopic (exact) mass is 204 g/mol. The van der Waals surface area contributed by atoms with E-state index >= 15 is 0 Å². The van der Waals surface area contributed by atoms with E-state index in [1.165, 1.54) is 36.2 Å². The van der Waals surface area contributed by atoms with Gasteiger partial charge in [-0.25, -0.2) is 0 Å². The Kier molecular flexibility index (Phi) is 3.06. The molecule has 15 heavy (non-hydrogen) atoms. The highest BCUT2D eigenvalue weighted by Gasteiger charge is 2.20. The van der Waals surface area contributed by atoms with Crippen molar-refractivity contribution in [2.24, 2.45) is 0 Å². The largest absolute Gasteiger partial charge is 0.296 e. The van der Waals surface area contributed by atoms with Crippen LogP contribution in [0.2, 0.25) is 0 Å². The minimum Gasteiger partial charge on any atom is -0.296 e. The molecule has 1 aromatic heterocycles. The Labute approximate surface area is 92.3 Å². The van der Waals surface area contributed by atoms with Gasteiger partial charge in [-0.1, -0.05) is 0 Å². The molecule has 0 saturated carbocycles. The Morgan fingerprint density at radius 1 is 1.47 bits per heavy atom. The van der Waals surface area contributed by atoms with Crippen LogP contribution in [-0.4, -0.2) is 22.5 Å². The summed E-state index contributed by atoms with van der Waals surface area (Å²) in [5.41, 5.74) is 3.97. The van der Waals surface area contributed by atoms with Crippen molar-refractivity contribution in [1.82, 2.24) is 9.88 Å². The fourth-order valence-corrected chi connectivity index (χ4v) is 2.31. The number of rotatable bonds is 2. The van der Waals surface area contributed by atoms with Crippen LogP contribution in [0.15, 0.2) is 12.3 Å². The number of likely N-dealkylation sites (tertiary alicyclic amines) is 1. The number of hydrogen-bond acceptors (Lipinski definition) is 2. The van der Waals surface area contributed by atoms with Gasteiger partial charge in [-0.05, 0) is 57.4 Å². The summed E-state index contributed by atoms with van der Waals surface area (Å²) >= 11 is 0. The molecule has 0 aromatic carbocycles.